The molecule has 2 saturated carbocycles. The van der Waals surface area contributed by atoms with Crippen molar-refractivity contribution in [2.24, 2.45) is 11.8 Å². The maximum atomic E-state index is 13.4. The largest absolute Gasteiger partial charge is 0.496 e. The van der Waals surface area contributed by atoms with E-state index in [4.69, 9.17) is 18.9 Å². The summed E-state index contributed by atoms with van der Waals surface area (Å²) in [6.07, 6.45) is 11.7. The molecule has 0 atom stereocenters. The molecule has 62 heavy (non-hydrogen) atoms. The normalized spacial score (nSPS) is 13.7. The molecule has 17 heteroatoms. The lowest BCUT2D eigenvalue weighted by atomic mass is 10.00. The van der Waals surface area contributed by atoms with Crippen LogP contribution in [0.3, 0.4) is 0 Å². The third-order valence-electron chi connectivity index (χ3n) is 10.5. The van der Waals surface area contributed by atoms with Crippen molar-refractivity contribution in [3.8, 4) is 51.3 Å². The average molecular weight is 864 g/mol. The van der Waals surface area contributed by atoms with Crippen LogP contribution in [-0.2, 0) is 0 Å². The first-order valence-corrected chi connectivity index (χ1v) is 20.1. The fourth-order valence-electron chi connectivity index (χ4n) is 7.10. The summed E-state index contributed by atoms with van der Waals surface area (Å²) in [4.78, 5) is 36.2. The summed E-state index contributed by atoms with van der Waals surface area (Å²) < 4.78 is 95.3. The highest BCUT2D eigenvalue weighted by Gasteiger charge is 2.31. The molecule has 4 aromatic heterocycles. The molecule has 2 fully saturated rings. The van der Waals surface area contributed by atoms with Gasteiger partial charge in [0.1, 0.15) is 57.0 Å². The number of nitrogens with zero attached hydrogens (tertiary/aromatic N) is 5. The fraction of sp³-hybridized carbons (Fsp3) is 0.378. The number of hydrogen-bond donors (Lipinski definition) is 0. The van der Waals surface area contributed by atoms with Gasteiger partial charge in [0.15, 0.2) is 11.6 Å². The maximum Gasteiger partial charge on any atom is 0.387 e. The van der Waals surface area contributed by atoms with Gasteiger partial charge in [-0.3, -0.25) is 18.4 Å². The number of carbonyl (C=O) groups excluding carboxylic acids is 2. The number of alkyl halides is 4. The molecule has 0 radical (unpaired) electrons. The molecule has 0 spiro atoms. The van der Waals surface area contributed by atoms with E-state index in [2.05, 4.69) is 19.6 Å². The van der Waals surface area contributed by atoms with Gasteiger partial charge in [-0.25, -0.2) is 14.4 Å². The lowest BCUT2D eigenvalue weighted by Crippen LogP contribution is -2.15. The first-order chi connectivity index (χ1) is 29.8. The number of rotatable bonds is 19. The van der Waals surface area contributed by atoms with Crippen molar-refractivity contribution in [3.05, 3.63) is 90.3 Å². The first-order valence-electron chi connectivity index (χ1n) is 20.1. The number of ether oxygens (including phenoxy) is 5. The Morgan fingerprint density at radius 2 is 1.18 bits per heavy atom. The van der Waals surface area contributed by atoms with E-state index in [0.717, 1.165) is 38.6 Å². The van der Waals surface area contributed by atoms with Crippen molar-refractivity contribution >= 4 is 22.9 Å². The Morgan fingerprint density at radius 3 is 1.63 bits per heavy atom. The minimum atomic E-state index is -3.09. The van der Waals surface area contributed by atoms with E-state index in [-0.39, 0.29) is 58.0 Å². The molecule has 0 saturated heterocycles. The van der Waals surface area contributed by atoms with Crippen molar-refractivity contribution in [2.45, 2.75) is 58.2 Å². The zero-order chi connectivity index (χ0) is 44.1. The smallest absolute Gasteiger partial charge is 0.387 e. The molecule has 4 heterocycles. The third-order valence-corrected chi connectivity index (χ3v) is 10.5. The van der Waals surface area contributed by atoms with Crippen molar-refractivity contribution < 1.29 is 55.2 Å². The van der Waals surface area contributed by atoms with Crippen LogP contribution >= 0.6 is 0 Å². The van der Waals surface area contributed by atoms with Crippen LogP contribution in [0.4, 0.5) is 22.0 Å². The predicted octanol–water partition coefficient (Wildman–Crippen LogP) is 9.66. The second-order valence-electron chi connectivity index (χ2n) is 15.5. The minimum absolute atomic E-state index is 0.0123. The number of Topliss-reactive ketones (excluding diaryl/α,β-unsaturated/α-hetero) is 2. The highest BCUT2D eigenvalue weighted by molar-refractivity contribution is 6.03. The van der Waals surface area contributed by atoms with Gasteiger partial charge in [-0.1, -0.05) is 0 Å². The van der Waals surface area contributed by atoms with Gasteiger partial charge in [0.2, 0.25) is 0 Å². The first kappa shape index (κ1) is 43.8. The number of ketones is 2. The Hall–Kier alpha value is -6.23. The molecule has 0 aliphatic heterocycles. The van der Waals surface area contributed by atoms with Crippen LogP contribution < -0.4 is 23.7 Å². The van der Waals surface area contributed by atoms with Gasteiger partial charge >= 0.3 is 13.2 Å². The highest BCUT2D eigenvalue weighted by Crippen LogP contribution is 2.42. The summed E-state index contributed by atoms with van der Waals surface area (Å²) >= 11 is 0. The SMILES string of the molecule is COc1cc(-c2cnc3cc(F)ccn23)cc(OC(F)F)c1C(=O)CC1CC1.COc1cc(-c2cnc3cc(OCCCN(C)C)ccn23)cc(OC(F)F)c1C(=O)CC1CC1. The number of hydrogen-bond acceptors (Lipinski definition) is 10. The second kappa shape index (κ2) is 19.2. The number of imidazole rings is 2. The number of aromatic nitrogens is 4. The Morgan fingerprint density at radius 1 is 0.710 bits per heavy atom. The number of fused-ring (bicyclic) bond motifs is 2. The molecule has 2 aliphatic rings. The van der Waals surface area contributed by atoms with Crippen LogP contribution in [0, 0.1) is 17.7 Å². The molecule has 12 nitrogen and oxygen atoms in total. The van der Waals surface area contributed by atoms with E-state index < -0.39 is 19.0 Å². The van der Waals surface area contributed by atoms with Crippen LogP contribution in [0.25, 0.3) is 33.8 Å². The summed E-state index contributed by atoms with van der Waals surface area (Å²) in [6.45, 7) is -4.64. The molecule has 0 N–H and O–H groups in total. The molecule has 2 aliphatic carbocycles. The third kappa shape index (κ3) is 10.6. The summed E-state index contributed by atoms with van der Waals surface area (Å²) in [5.41, 5.74) is 3.24. The quantitative estimate of drug-likeness (QED) is 0.0443. The zero-order valence-electron chi connectivity index (χ0n) is 34.6. The molecule has 2 aromatic carbocycles. The number of benzene rings is 2. The number of halogens is 5. The minimum Gasteiger partial charge on any atom is -0.496 e. The van der Waals surface area contributed by atoms with Crippen molar-refractivity contribution in [1.29, 1.82) is 0 Å². The predicted molar refractivity (Wildman–Crippen MR) is 220 cm³/mol. The molecule has 0 bridgehead atoms. The Bertz CT molecular complexity index is 2550. The fourth-order valence-corrected chi connectivity index (χ4v) is 7.10. The van der Waals surface area contributed by atoms with E-state index in [1.165, 1.54) is 50.9 Å². The van der Waals surface area contributed by atoms with Gasteiger partial charge in [0, 0.05) is 55.0 Å². The Labute approximate surface area is 354 Å². The van der Waals surface area contributed by atoms with Gasteiger partial charge in [-0.05, 0) is 94.4 Å². The van der Waals surface area contributed by atoms with Crippen molar-refractivity contribution in [2.75, 3.05) is 41.5 Å². The number of methoxy groups -OCH3 is 2. The van der Waals surface area contributed by atoms with E-state index in [0.29, 0.717) is 58.5 Å². The second-order valence-corrected chi connectivity index (χ2v) is 15.5. The van der Waals surface area contributed by atoms with Gasteiger partial charge in [-0.2, -0.15) is 17.6 Å². The van der Waals surface area contributed by atoms with Gasteiger partial charge in [0.25, 0.3) is 0 Å². The van der Waals surface area contributed by atoms with E-state index in [9.17, 15) is 31.5 Å². The molecular formula is C45H46F5N5O7. The van der Waals surface area contributed by atoms with Crippen molar-refractivity contribution in [3.63, 3.8) is 0 Å². The highest BCUT2D eigenvalue weighted by atomic mass is 19.3. The van der Waals surface area contributed by atoms with E-state index in [1.807, 2.05) is 36.8 Å². The van der Waals surface area contributed by atoms with Gasteiger partial charge in [0.05, 0.1) is 44.6 Å². The van der Waals surface area contributed by atoms with Gasteiger partial charge in [-0.15, -0.1) is 0 Å². The molecule has 0 unspecified atom stereocenters. The van der Waals surface area contributed by atoms with Crippen LogP contribution in [0.2, 0.25) is 0 Å². The summed E-state index contributed by atoms with van der Waals surface area (Å²) in [7, 11) is 6.80. The average Bonchev–Trinajstić information content (AvgIpc) is 4.15. The standard InChI is InChI=1S/C25H29F2N3O4.C20H17F3N2O3/c1-29(2)8-4-10-33-18-7-9-30-19(15-28-23(30)14-18)17-12-21(32-3)24(20(31)11-16-5-6-16)22(13-17)34-25(26)27;1-27-16-7-12(14-10-24-18-9-13(21)4-5-25(14)18)8-17(28-20(22)23)19(16)15(26)6-11-2-3-11/h7,9,12-16,25H,4-6,8,10-11H2,1-3H3;4-5,7-11,20H,2-3,6H2,1H3. The monoisotopic (exact) mass is 863 g/mol. The summed E-state index contributed by atoms with van der Waals surface area (Å²) in [5.74, 6) is 0.217. The maximum absolute atomic E-state index is 13.4. The molecule has 8 rings (SSSR count). The Kier molecular flexibility index (Phi) is 13.6. The summed E-state index contributed by atoms with van der Waals surface area (Å²) in [6, 6.07) is 12.2. The zero-order valence-corrected chi connectivity index (χ0v) is 34.6. The van der Waals surface area contributed by atoms with Crippen LogP contribution in [-0.4, -0.2) is 89.9 Å². The van der Waals surface area contributed by atoms with E-state index in [1.54, 1.807) is 22.7 Å². The van der Waals surface area contributed by atoms with E-state index >= 15 is 0 Å². The van der Waals surface area contributed by atoms with Crippen LogP contribution in [0.15, 0.2) is 73.3 Å². The number of pyridine rings is 2. The molecule has 6 aromatic rings. The van der Waals surface area contributed by atoms with Gasteiger partial charge < -0.3 is 28.6 Å². The molecule has 0 amide bonds. The lowest BCUT2D eigenvalue weighted by Gasteiger charge is -2.16. The van der Waals surface area contributed by atoms with Crippen LogP contribution in [0.5, 0.6) is 28.7 Å². The van der Waals surface area contributed by atoms with Crippen LogP contribution in [0.1, 0.15) is 65.7 Å². The summed E-state index contributed by atoms with van der Waals surface area (Å²) in [5, 5.41) is 0. The topological polar surface area (TPSA) is 118 Å². The molecular weight excluding hydrogens is 818 g/mol. The Balaban J connectivity index is 0.000000190. The molecule has 328 valence electrons. The lowest BCUT2D eigenvalue weighted by molar-refractivity contribution is -0.0509. The number of carbonyl (C=O) groups is 2. The van der Waals surface area contributed by atoms with Crippen molar-refractivity contribution in [1.82, 2.24) is 23.7 Å².